The lowest BCUT2D eigenvalue weighted by molar-refractivity contribution is -0.347. The van der Waals surface area contributed by atoms with Gasteiger partial charge in [-0.05, 0) is 86.4 Å². The van der Waals surface area contributed by atoms with Gasteiger partial charge in [0.1, 0.15) is 53.3 Å². The minimum Gasteiger partial charge on any atom is -0.455 e. The number of carbonyl (C=O) groups is 6. The largest absolute Gasteiger partial charge is 0.509 e. The Hall–Kier alpha value is -5.51. The number of Topliss-reactive ketones (excluding diaryl/α,β-unsaturated/α-hetero) is 1. The fraction of sp³-hybridized carbons (Fsp3) is 0.528. The quantitative estimate of drug-likeness (QED) is 0.0463. The van der Waals surface area contributed by atoms with E-state index in [1.165, 1.54) is 54.9 Å². The van der Waals surface area contributed by atoms with E-state index in [0.717, 1.165) is 5.03 Å². The summed E-state index contributed by atoms with van der Waals surface area (Å²) < 4.78 is 54.5. The van der Waals surface area contributed by atoms with Crippen molar-refractivity contribution < 1.29 is 76.5 Å². The van der Waals surface area contributed by atoms with Crippen LogP contribution in [0.1, 0.15) is 90.2 Å². The van der Waals surface area contributed by atoms with Gasteiger partial charge in [0.2, 0.25) is 6.10 Å². The smallest absolute Gasteiger partial charge is 0.455 e. The maximum absolute atomic E-state index is 15.8. The zero-order valence-corrected chi connectivity index (χ0v) is 44.2. The number of aliphatic hydroxyl groups is 1. The summed E-state index contributed by atoms with van der Waals surface area (Å²) in [6.07, 6.45) is -9.40. The summed E-state index contributed by atoms with van der Waals surface area (Å²) in [4.78, 5) is 90.4. The zero-order chi connectivity index (χ0) is 53.1. The molecule has 4 aliphatic rings. The van der Waals surface area contributed by atoms with Gasteiger partial charge in [-0.1, -0.05) is 79.2 Å². The molecule has 0 radical (unpaired) electrons. The van der Waals surface area contributed by atoms with Crippen molar-refractivity contribution in [3.05, 3.63) is 107 Å². The van der Waals surface area contributed by atoms with Crippen LogP contribution in [-0.2, 0) is 57.0 Å². The highest BCUT2D eigenvalue weighted by atomic mass is 33.1. The minimum absolute atomic E-state index is 0.0884. The lowest BCUT2D eigenvalue weighted by atomic mass is 9.44. The normalized spacial score (nSPS) is 29.0. The van der Waals surface area contributed by atoms with Crippen molar-refractivity contribution in [3.8, 4) is 0 Å². The highest BCUT2D eigenvalue weighted by Gasteiger charge is 2.78. The third-order valence-electron chi connectivity index (χ3n) is 14.4. The van der Waals surface area contributed by atoms with Gasteiger partial charge in [-0.15, -0.1) is 0 Å². The van der Waals surface area contributed by atoms with Crippen LogP contribution in [0.4, 0.5) is 9.59 Å². The monoisotopic (exact) mass is 1050 g/mol. The molecule has 2 bridgehead atoms. The highest BCUT2D eigenvalue weighted by molar-refractivity contribution is 8.76. The van der Waals surface area contributed by atoms with Crippen LogP contribution in [-0.4, -0.2) is 133 Å². The Balaban J connectivity index is 1.33. The maximum Gasteiger partial charge on any atom is 0.509 e. The number of aromatic nitrogens is 1. The Morgan fingerprint density at radius 3 is 2.19 bits per heavy atom. The van der Waals surface area contributed by atoms with Crippen LogP contribution in [0, 0.1) is 16.7 Å². The number of hydrogen-bond acceptors (Lipinski definition) is 19. The molecule has 20 heteroatoms. The number of amides is 1. The molecule has 394 valence electrons. The van der Waals surface area contributed by atoms with Crippen molar-refractivity contribution in [3.63, 3.8) is 0 Å². The standard InChI is InChI=1S/C53H64N2O16S2/c1-30-34(67-46(59)41(68-48(61)65-25-26-72-73-37-23-17-18-24-54-37)39(32-19-13-11-14-20-32)55-47(60)71-49(3,4)5)28-53(62)44(69-45(58)33-21-15-12-16-22-33)42-51(8,43(57)40(64-10)38(30)50(53,6)7)35(63-9)27-36-52(42,29-66-36)70-31(2)56/h11-24,34-36,39-42,44,62H,25-29H2,1-10H3,(H,55,60)/t34?,35-,36+,39-,40+,41?,42-,44-,51+,52-,53+/m0/s1. The average molecular weight is 1050 g/mol. The van der Waals surface area contributed by atoms with Crippen LogP contribution in [0.3, 0.4) is 0 Å². The minimum atomic E-state index is -2.31. The Morgan fingerprint density at radius 2 is 1.60 bits per heavy atom. The maximum atomic E-state index is 15.8. The van der Waals surface area contributed by atoms with Crippen molar-refractivity contribution in [1.29, 1.82) is 0 Å². The van der Waals surface area contributed by atoms with Crippen LogP contribution in [0.15, 0.2) is 101 Å². The molecule has 2 heterocycles. The zero-order valence-electron chi connectivity index (χ0n) is 42.6. The Kier molecular flexibility index (Phi) is 16.8. The van der Waals surface area contributed by atoms with Gasteiger partial charge < -0.3 is 53.1 Å². The lowest BCUT2D eigenvalue weighted by Crippen LogP contribution is -2.82. The second-order valence-corrected chi connectivity index (χ2v) is 22.7. The highest BCUT2D eigenvalue weighted by Crippen LogP contribution is 2.65. The number of alkyl carbamates (subject to hydrolysis) is 1. The van der Waals surface area contributed by atoms with E-state index in [9.17, 15) is 24.3 Å². The molecule has 2 saturated carbocycles. The molecule has 2 aromatic carbocycles. The molecule has 3 fully saturated rings. The molecule has 3 aliphatic carbocycles. The molecule has 0 spiro atoms. The number of hydrogen-bond donors (Lipinski definition) is 2. The Bertz CT molecular complexity index is 2540. The summed E-state index contributed by atoms with van der Waals surface area (Å²) in [5.74, 6) is -4.40. The Labute approximate surface area is 432 Å². The van der Waals surface area contributed by atoms with Crippen molar-refractivity contribution in [2.24, 2.45) is 16.7 Å². The molecule has 7 rings (SSSR count). The molecule has 18 nitrogen and oxygen atoms in total. The van der Waals surface area contributed by atoms with Gasteiger partial charge in [-0.25, -0.2) is 24.2 Å². The van der Waals surface area contributed by atoms with Crippen LogP contribution in [0.5, 0.6) is 0 Å². The first-order chi connectivity index (χ1) is 34.5. The van der Waals surface area contributed by atoms with Crippen LogP contribution in [0.2, 0.25) is 0 Å². The number of nitrogens with one attached hydrogen (secondary N) is 1. The van der Waals surface area contributed by atoms with Gasteiger partial charge in [0.05, 0.1) is 29.6 Å². The molecule has 1 aliphatic heterocycles. The van der Waals surface area contributed by atoms with Crippen molar-refractivity contribution >= 4 is 57.5 Å². The summed E-state index contributed by atoms with van der Waals surface area (Å²) in [7, 11) is 5.50. The molecular weight excluding hydrogens is 985 g/mol. The van der Waals surface area contributed by atoms with E-state index >= 15 is 9.59 Å². The van der Waals surface area contributed by atoms with E-state index in [1.807, 2.05) is 12.1 Å². The first-order valence-electron chi connectivity index (χ1n) is 23.9. The summed E-state index contributed by atoms with van der Waals surface area (Å²) in [5.41, 5.74) is -7.28. The van der Waals surface area contributed by atoms with Gasteiger partial charge in [0.25, 0.3) is 0 Å². The number of esters is 3. The molecule has 73 heavy (non-hydrogen) atoms. The number of rotatable bonds is 16. The van der Waals surface area contributed by atoms with Gasteiger partial charge in [0, 0.05) is 51.3 Å². The Morgan fingerprint density at radius 1 is 0.932 bits per heavy atom. The molecule has 2 unspecified atom stereocenters. The van der Waals surface area contributed by atoms with Crippen molar-refractivity contribution in [1.82, 2.24) is 10.3 Å². The van der Waals surface area contributed by atoms with E-state index in [1.54, 1.807) is 109 Å². The second kappa shape index (κ2) is 22.1. The number of ether oxygens (including phenoxy) is 9. The number of pyridine rings is 1. The molecule has 1 amide bonds. The molecule has 3 aromatic rings. The fourth-order valence-electron chi connectivity index (χ4n) is 11.0. The molecule has 2 N–H and O–H groups in total. The average Bonchev–Trinajstić information content (AvgIpc) is 3.34. The van der Waals surface area contributed by atoms with Crippen LogP contribution < -0.4 is 5.32 Å². The van der Waals surface area contributed by atoms with E-state index in [0.29, 0.717) is 16.9 Å². The molecule has 1 saturated heterocycles. The summed E-state index contributed by atoms with van der Waals surface area (Å²) in [6, 6.07) is 20.3. The topological polar surface area (TPSA) is 231 Å². The third kappa shape index (κ3) is 11.0. The van der Waals surface area contributed by atoms with Gasteiger partial charge in [0.15, 0.2) is 11.4 Å². The van der Waals surface area contributed by atoms with Gasteiger partial charge in [-0.3, -0.25) is 9.59 Å². The van der Waals surface area contributed by atoms with Crippen molar-refractivity contribution in [2.75, 3.05) is 33.2 Å². The van der Waals surface area contributed by atoms with Crippen LogP contribution >= 0.6 is 21.6 Å². The van der Waals surface area contributed by atoms with Crippen LogP contribution in [0.25, 0.3) is 0 Å². The first-order valence-corrected chi connectivity index (χ1v) is 26.2. The number of ketones is 1. The lowest BCUT2D eigenvalue weighted by Gasteiger charge is -2.67. The summed E-state index contributed by atoms with van der Waals surface area (Å²) in [5, 5.41) is 17.4. The van der Waals surface area contributed by atoms with E-state index in [2.05, 4.69) is 10.3 Å². The third-order valence-corrected chi connectivity index (χ3v) is 16.6. The molecular formula is C53H64N2O16S2. The number of benzene rings is 2. The van der Waals surface area contributed by atoms with Crippen molar-refractivity contribution in [2.45, 2.75) is 133 Å². The predicted octanol–water partition coefficient (Wildman–Crippen LogP) is 7.56. The number of carbonyl (C=O) groups excluding carboxylic acids is 6. The molecule has 1 aromatic heterocycles. The summed E-state index contributed by atoms with van der Waals surface area (Å²) in [6.45, 7) is 12.4. The SMILES string of the molecule is CO[C@H]1C(=O)[C@]2(C)[C@@H](OC)C[C@H]3OC[C@@]3(OC(C)=O)[C@H]2[C@H](OC(=O)c2ccccc2)[C@]2(O)CC(OC(=O)C(OC(=O)OCCSSc3ccccn3)[C@@H](NC(=O)OC(C)(C)C)c3ccccc3)C(C)=C1C2(C)C. The second-order valence-electron chi connectivity index (χ2n) is 20.3. The number of nitrogens with zero attached hydrogens (tertiary/aromatic N) is 1. The van der Waals surface area contributed by atoms with E-state index in [-0.39, 0.29) is 30.8 Å². The fourth-order valence-corrected chi connectivity index (χ4v) is 12.7. The van der Waals surface area contributed by atoms with Gasteiger partial charge in [-0.2, -0.15) is 0 Å². The van der Waals surface area contributed by atoms with E-state index < -0.39 is 119 Å². The number of fused-ring (bicyclic) bond motifs is 5. The molecule has 11 atom stereocenters. The summed E-state index contributed by atoms with van der Waals surface area (Å²) >= 11 is 0. The van der Waals surface area contributed by atoms with E-state index in [4.69, 9.17) is 42.6 Å². The first kappa shape index (κ1) is 55.2. The number of methoxy groups -OCH3 is 2. The van der Waals surface area contributed by atoms with Gasteiger partial charge >= 0.3 is 30.2 Å². The predicted molar refractivity (Wildman–Crippen MR) is 266 cm³/mol.